The van der Waals surface area contributed by atoms with Gasteiger partial charge in [-0.2, -0.15) is 11.8 Å². The third-order valence-corrected chi connectivity index (χ3v) is 4.87. The molecule has 1 unspecified atom stereocenters. The molecule has 0 bridgehead atoms. The maximum atomic E-state index is 13.1. The normalized spacial score (nSPS) is 18.8. The predicted octanol–water partition coefficient (Wildman–Crippen LogP) is 4.03. The maximum absolute atomic E-state index is 13.1. The summed E-state index contributed by atoms with van der Waals surface area (Å²) >= 11 is 1.84. The van der Waals surface area contributed by atoms with Crippen molar-refractivity contribution in [2.75, 3.05) is 5.75 Å². The fourth-order valence-corrected chi connectivity index (χ4v) is 3.70. The van der Waals surface area contributed by atoms with Crippen LogP contribution < -0.4 is 5.73 Å². The van der Waals surface area contributed by atoms with Crippen LogP contribution in [-0.2, 0) is 0 Å². The van der Waals surface area contributed by atoms with Gasteiger partial charge < -0.3 is 5.73 Å². The number of rotatable bonds is 4. The Bertz CT molecular complexity index is 371. The van der Waals surface area contributed by atoms with Gasteiger partial charge in [-0.15, -0.1) is 0 Å². The minimum Gasteiger partial charge on any atom is -0.323 e. The SMILES string of the molecule is NC(CSC1CCCCC1)c1cc(F)cc(F)c1. The Morgan fingerprint density at radius 1 is 1.11 bits per heavy atom. The molecule has 1 fully saturated rings. The number of thioether (sulfide) groups is 1. The summed E-state index contributed by atoms with van der Waals surface area (Å²) < 4.78 is 26.2. The summed E-state index contributed by atoms with van der Waals surface area (Å²) in [5, 5.41) is 0.670. The van der Waals surface area contributed by atoms with Crippen molar-refractivity contribution < 1.29 is 8.78 Å². The molecule has 0 aliphatic heterocycles. The van der Waals surface area contributed by atoms with Gasteiger partial charge in [0.15, 0.2) is 0 Å². The van der Waals surface area contributed by atoms with Crippen LogP contribution in [-0.4, -0.2) is 11.0 Å². The van der Waals surface area contributed by atoms with E-state index >= 15 is 0 Å². The van der Waals surface area contributed by atoms with E-state index in [1.165, 1.54) is 44.2 Å². The van der Waals surface area contributed by atoms with E-state index in [0.29, 0.717) is 10.8 Å². The van der Waals surface area contributed by atoms with Crippen molar-refractivity contribution in [2.45, 2.75) is 43.4 Å². The highest BCUT2D eigenvalue weighted by atomic mass is 32.2. The van der Waals surface area contributed by atoms with E-state index in [1.54, 1.807) is 0 Å². The lowest BCUT2D eigenvalue weighted by atomic mass is 10.0. The molecule has 2 N–H and O–H groups in total. The highest BCUT2D eigenvalue weighted by molar-refractivity contribution is 7.99. The second-order valence-corrected chi connectivity index (χ2v) is 6.24. The summed E-state index contributed by atoms with van der Waals surface area (Å²) in [4.78, 5) is 0. The molecule has 1 saturated carbocycles. The molecule has 100 valence electrons. The Morgan fingerprint density at radius 2 is 1.72 bits per heavy atom. The molecular weight excluding hydrogens is 252 g/mol. The fourth-order valence-electron chi connectivity index (χ4n) is 2.36. The largest absolute Gasteiger partial charge is 0.323 e. The van der Waals surface area contributed by atoms with E-state index in [4.69, 9.17) is 5.73 Å². The second-order valence-electron chi connectivity index (χ2n) is 4.90. The minimum absolute atomic E-state index is 0.290. The van der Waals surface area contributed by atoms with Gasteiger partial charge >= 0.3 is 0 Å². The first-order valence-electron chi connectivity index (χ1n) is 6.48. The quantitative estimate of drug-likeness (QED) is 0.894. The standard InChI is InChI=1S/C14H19F2NS/c15-11-6-10(7-12(16)8-11)14(17)9-18-13-4-2-1-3-5-13/h6-8,13-14H,1-5,9,17H2. The number of benzene rings is 1. The Morgan fingerprint density at radius 3 is 2.33 bits per heavy atom. The van der Waals surface area contributed by atoms with Gasteiger partial charge in [0.05, 0.1) is 0 Å². The molecule has 1 aliphatic carbocycles. The molecule has 0 saturated heterocycles. The maximum Gasteiger partial charge on any atom is 0.126 e. The number of nitrogens with two attached hydrogens (primary N) is 1. The van der Waals surface area contributed by atoms with Crippen molar-refractivity contribution in [1.82, 2.24) is 0 Å². The lowest BCUT2D eigenvalue weighted by Crippen LogP contribution is -2.17. The average Bonchev–Trinajstić information content (AvgIpc) is 2.36. The van der Waals surface area contributed by atoms with Gasteiger partial charge in [0.2, 0.25) is 0 Å². The van der Waals surface area contributed by atoms with Gasteiger partial charge in [0.25, 0.3) is 0 Å². The van der Waals surface area contributed by atoms with E-state index in [2.05, 4.69) is 0 Å². The molecule has 0 aromatic heterocycles. The zero-order chi connectivity index (χ0) is 13.0. The van der Waals surface area contributed by atoms with Crippen molar-refractivity contribution in [2.24, 2.45) is 5.73 Å². The highest BCUT2D eigenvalue weighted by Crippen LogP contribution is 2.30. The van der Waals surface area contributed by atoms with Crippen LogP contribution in [0.25, 0.3) is 0 Å². The molecule has 0 heterocycles. The summed E-state index contributed by atoms with van der Waals surface area (Å²) in [6, 6.07) is 3.25. The van der Waals surface area contributed by atoms with Crippen molar-refractivity contribution in [3.05, 3.63) is 35.4 Å². The minimum atomic E-state index is -0.553. The van der Waals surface area contributed by atoms with E-state index in [1.807, 2.05) is 11.8 Å². The third kappa shape index (κ3) is 3.95. The van der Waals surface area contributed by atoms with Crippen molar-refractivity contribution in [3.63, 3.8) is 0 Å². The van der Waals surface area contributed by atoms with Crippen molar-refractivity contribution in [3.8, 4) is 0 Å². The molecule has 1 aromatic rings. The molecule has 0 radical (unpaired) electrons. The van der Waals surface area contributed by atoms with Gasteiger partial charge in [-0.1, -0.05) is 19.3 Å². The van der Waals surface area contributed by atoms with Crippen LogP contribution in [0.3, 0.4) is 0 Å². The van der Waals surface area contributed by atoms with Crippen molar-refractivity contribution >= 4 is 11.8 Å². The van der Waals surface area contributed by atoms with Gasteiger partial charge in [0, 0.05) is 23.1 Å². The van der Waals surface area contributed by atoms with E-state index < -0.39 is 11.6 Å². The molecule has 4 heteroatoms. The summed E-state index contributed by atoms with van der Waals surface area (Å²) in [6.45, 7) is 0. The molecule has 2 rings (SSSR count). The van der Waals surface area contributed by atoms with Crippen LogP contribution in [0, 0.1) is 11.6 Å². The van der Waals surface area contributed by atoms with Crippen molar-refractivity contribution in [1.29, 1.82) is 0 Å². The van der Waals surface area contributed by atoms with E-state index in [0.717, 1.165) is 11.8 Å². The van der Waals surface area contributed by atoms with E-state index in [-0.39, 0.29) is 6.04 Å². The molecule has 18 heavy (non-hydrogen) atoms. The number of hydrogen-bond donors (Lipinski definition) is 1. The zero-order valence-corrected chi connectivity index (χ0v) is 11.2. The van der Waals surface area contributed by atoms with Crippen LogP contribution in [0.4, 0.5) is 8.78 Å². The first kappa shape index (κ1) is 13.8. The number of halogens is 2. The molecular formula is C14H19F2NS. The monoisotopic (exact) mass is 271 g/mol. The Hall–Kier alpha value is -0.610. The summed E-state index contributed by atoms with van der Waals surface area (Å²) in [6.07, 6.45) is 6.41. The van der Waals surface area contributed by atoms with Crippen LogP contribution >= 0.6 is 11.8 Å². The van der Waals surface area contributed by atoms with E-state index in [9.17, 15) is 8.78 Å². The summed E-state index contributed by atoms with van der Waals surface area (Å²) in [5.74, 6) is -0.376. The first-order valence-corrected chi connectivity index (χ1v) is 7.53. The van der Waals surface area contributed by atoms with Crippen LogP contribution in [0.5, 0.6) is 0 Å². The third-order valence-electron chi connectivity index (χ3n) is 3.38. The second kappa shape index (κ2) is 6.53. The van der Waals surface area contributed by atoms with Gasteiger partial charge in [-0.25, -0.2) is 8.78 Å². The first-order chi connectivity index (χ1) is 8.65. The lowest BCUT2D eigenvalue weighted by molar-refractivity contribution is 0.515. The fraction of sp³-hybridized carbons (Fsp3) is 0.571. The Kier molecular flexibility index (Phi) is 5.01. The molecule has 0 spiro atoms. The van der Waals surface area contributed by atoms with Crippen LogP contribution in [0.15, 0.2) is 18.2 Å². The van der Waals surface area contributed by atoms with Crippen LogP contribution in [0.1, 0.15) is 43.7 Å². The number of hydrogen-bond acceptors (Lipinski definition) is 2. The molecule has 1 aromatic carbocycles. The predicted molar refractivity (Wildman–Crippen MR) is 72.6 cm³/mol. The average molecular weight is 271 g/mol. The van der Waals surface area contributed by atoms with Crippen LogP contribution in [0.2, 0.25) is 0 Å². The Labute approximate surface area is 111 Å². The van der Waals surface area contributed by atoms with Gasteiger partial charge in [0.1, 0.15) is 11.6 Å². The molecule has 0 amide bonds. The smallest absolute Gasteiger partial charge is 0.126 e. The molecule has 1 atom stereocenters. The summed E-state index contributed by atoms with van der Waals surface area (Å²) in [7, 11) is 0. The van der Waals surface area contributed by atoms with Gasteiger partial charge in [-0.05, 0) is 30.5 Å². The highest BCUT2D eigenvalue weighted by Gasteiger charge is 2.16. The molecule has 1 aliphatic rings. The zero-order valence-electron chi connectivity index (χ0n) is 10.4. The molecule has 1 nitrogen and oxygen atoms in total. The summed E-state index contributed by atoms with van der Waals surface area (Å²) in [5.41, 5.74) is 6.55. The van der Waals surface area contributed by atoms with Gasteiger partial charge in [-0.3, -0.25) is 0 Å². The Balaban J connectivity index is 1.88. The topological polar surface area (TPSA) is 26.0 Å². The lowest BCUT2D eigenvalue weighted by Gasteiger charge is -2.22.